The van der Waals surface area contributed by atoms with Gasteiger partial charge in [-0.2, -0.15) is 0 Å². The fourth-order valence-corrected chi connectivity index (χ4v) is 5.23. The summed E-state index contributed by atoms with van der Waals surface area (Å²) in [5.41, 5.74) is 1.41. The predicted octanol–water partition coefficient (Wildman–Crippen LogP) is 0.843. The van der Waals surface area contributed by atoms with Crippen LogP contribution in [-0.4, -0.2) is 81.3 Å². The molecular weight excluding hydrogens is 344 g/mol. The van der Waals surface area contributed by atoms with E-state index in [2.05, 4.69) is 34.5 Å². The van der Waals surface area contributed by atoms with Crippen molar-refractivity contribution in [1.82, 2.24) is 30.0 Å². The minimum absolute atomic E-state index is 0.0812. The molecule has 4 heterocycles. The van der Waals surface area contributed by atoms with E-state index in [1.165, 1.54) is 6.33 Å². The molecule has 0 aliphatic carbocycles. The molecule has 1 aromatic carbocycles. The fraction of sp³-hybridized carbons (Fsp3) is 0.579. The first kappa shape index (κ1) is 16.8. The molecule has 3 saturated heterocycles. The number of ether oxygens (including phenoxy) is 1. The topological polar surface area (TPSA) is 76.4 Å². The molecule has 8 heteroatoms. The maximum Gasteiger partial charge on any atom is 0.253 e. The summed E-state index contributed by atoms with van der Waals surface area (Å²) >= 11 is 0. The van der Waals surface area contributed by atoms with Crippen molar-refractivity contribution in [3.63, 3.8) is 0 Å². The first-order valence-electron chi connectivity index (χ1n) is 9.51. The number of fused-ring (bicyclic) bond motifs is 1. The average Bonchev–Trinajstić information content (AvgIpc) is 3.43. The average molecular weight is 368 g/mol. The molecule has 4 atom stereocenters. The first-order valence-corrected chi connectivity index (χ1v) is 9.51. The van der Waals surface area contributed by atoms with Gasteiger partial charge in [-0.1, -0.05) is 0 Å². The number of carbonyl (C=O) groups excluding carboxylic acids is 1. The van der Waals surface area contributed by atoms with Gasteiger partial charge in [0.25, 0.3) is 5.91 Å². The lowest BCUT2D eigenvalue weighted by Crippen LogP contribution is -2.40. The summed E-state index contributed by atoms with van der Waals surface area (Å²) in [5, 5.41) is 11.2. The number of tetrazole rings is 1. The van der Waals surface area contributed by atoms with Crippen molar-refractivity contribution in [3.8, 4) is 5.69 Å². The van der Waals surface area contributed by atoms with Crippen molar-refractivity contribution in [1.29, 1.82) is 0 Å². The predicted molar refractivity (Wildman–Crippen MR) is 97.4 cm³/mol. The van der Waals surface area contributed by atoms with Crippen LogP contribution in [0, 0.1) is 11.8 Å². The van der Waals surface area contributed by atoms with E-state index >= 15 is 0 Å². The van der Waals surface area contributed by atoms with Crippen LogP contribution in [0.15, 0.2) is 30.6 Å². The van der Waals surface area contributed by atoms with E-state index in [0.717, 1.165) is 31.6 Å². The molecule has 3 aliphatic rings. The molecule has 1 spiro atoms. The number of rotatable bonds is 4. The van der Waals surface area contributed by atoms with Crippen molar-refractivity contribution in [2.75, 3.05) is 33.7 Å². The Balaban J connectivity index is 1.33. The number of benzene rings is 1. The smallest absolute Gasteiger partial charge is 0.253 e. The van der Waals surface area contributed by atoms with Crippen molar-refractivity contribution in [2.24, 2.45) is 11.8 Å². The maximum absolute atomic E-state index is 13.1. The van der Waals surface area contributed by atoms with E-state index in [1.807, 2.05) is 29.2 Å². The highest BCUT2D eigenvalue weighted by molar-refractivity contribution is 5.94. The van der Waals surface area contributed by atoms with Crippen molar-refractivity contribution < 1.29 is 9.53 Å². The highest BCUT2D eigenvalue weighted by Crippen LogP contribution is 2.55. The summed E-state index contributed by atoms with van der Waals surface area (Å²) in [7, 11) is 4.23. The van der Waals surface area contributed by atoms with Crippen LogP contribution in [0.5, 0.6) is 0 Å². The third kappa shape index (κ3) is 2.66. The normalized spacial score (nSPS) is 31.7. The number of hydrogen-bond acceptors (Lipinski definition) is 6. The summed E-state index contributed by atoms with van der Waals surface area (Å²) in [6, 6.07) is 7.44. The Hall–Kier alpha value is -2.32. The largest absolute Gasteiger partial charge is 0.369 e. The van der Waals surface area contributed by atoms with Gasteiger partial charge in [-0.05, 0) is 61.6 Å². The fourth-order valence-electron chi connectivity index (χ4n) is 5.23. The van der Waals surface area contributed by atoms with Crippen LogP contribution in [0.2, 0.25) is 0 Å². The van der Waals surface area contributed by atoms with Crippen molar-refractivity contribution >= 4 is 5.91 Å². The van der Waals surface area contributed by atoms with Crippen LogP contribution in [0.1, 0.15) is 23.2 Å². The zero-order chi connectivity index (χ0) is 18.6. The number of likely N-dealkylation sites (tertiary alicyclic amines) is 1. The molecule has 27 heavy (non-hydrogen) atoms. The lowest BCUT2D eigenvalue weighted by Gasteiger charge is -2.30. The third-order valence-corrected chi connectivity index (χ3v) is 6.37. The Morgan fingerprint density at radius 2 is 2.15 bits per heavy atom. The van der Waals surface area contributed by atoms with Crippen molar-refractivity contribution in [2.45, 2.75) is 24.5 Å². The summed E-state index contributed by atoms with van der Waals surface area (Å²) in [6.07, 6.45) is 4.10. The second kappa shape index (κ2) is 6.10. The van der Waals surface area contributed by atoms with E-state index in [1.54, 1.807) is 4.68 Å². The van der Waals surface area contributed by atoms with Gasteiger partial charge in [0.15, 0.2) is 0 Å². The SMILES string of the molecule is CN(C)C[C@H]1[C@@H]2CC[C@@]3(CN(C(=O)c4ccc(-n5cnnn5)cc4)C[C@@H]13)O2. The Kier molecular flexibility index (Phi) is 3.80. The van der Waals surface area contributed by atoms with Gasteiger partial charge in [0.05, 0.1) is 23.9 Å². The van der Waals surface area contributed by atoms with Gasteiger partial charge in [-0.15, -0.1) is 5.10 Å². The van der Waals surface area contributed by atoms with E-state index < -0.39 is 0 Å². The Bertz CT molecular complexity index is 836. The second-order valence-corrected chi connectivity index (χ2v) is 8.28. The summed E-state index contributed by atoms with van der Waals surface area (Å²) in [6.45, 7) is 2.54. The van der Waals surface area contributed by atoms with Crippen LogP contribution in [0.3, 0.4) is 0 Å². The van der Waals surface area contributed by atoms with Gasteiger partial charge in [-0.3, -0.25) is 4.79 Å². The summed E-state index contributed by atoms with van der Waals surface area (Å²) < 4.78 is 8.01. The van der Waals surface area contributed by atoms with Gasteiger partial charge in [0.1, 0.15) is 6.33 Å². The molecular formula is C19H24N6O2. The Morgan fingerprint density at radius 1 is 1.33 bits per heavy atom. The minimum atomic E-state index is -0.118. The van der Waals surface area contributed by atoms with Crippen molar-refractivity contribution in [3.05, 3.63) is 36.2 Å². The molecule has 5 rings (SSSR count). The van der Waals surface area contributed by atoms with Crippen LogP contribution in [0.4, 0.5) is 0 Å². The van der Waals surface area contributed by atoms with Crippen LogP contribution in [-0.2, 0) is 4.74 Å². The van der Waals surface area contributed by atoms with E-state index in [9.17, 15) is 4.79 Å². The maximum atomic E-state index is 13.1. The van der Waals surface area contributed by atoms with Gasteiger partial charge in [-0.25, -0.2) is 4.68 Å². The molecule has 3 fully saturated rings. The van der Waals surface area contributed by atoms with E-state index in [0.29, 0.717) is 30.0 Å². The lowest BCUT2D eigenvalue weighted by molar-refractivity contribution is 0.00256. The minimum Gasteiger partial charge on any atom is -0.369 e. The highest BCUT2D eigenvalue weighted by Gasteiger charge is 2.63. The van der Waals surface area contributed by atoms with Crippen LogP contribution >= 0.6 is 0 Å². The molecule has 1 aromatic heterocycles. The molecule has 0 N–H and O–H groups in total. The zero-order valence-electron chi connectivity index (χ0n) is 15.7. The number of carbonyl (C=O) groups is 1. The molecule has 2 bridgehead atoms. The molecule has 2 aromatic rings. The van der Waals surface area contributed by atoms with Crippen LogP contribution < -0.4 is 0 Å². The van der Waals surface area contributed by atoms with Gasteiger partial charge in [0.2, 0.25) is 0 Å². The number of hydrogen-bond donors (Lipinski definition) is 0. The third-order valence-electron chi connectivity index (χ3n) is 6.37. The molecule has 1 amide bonds. The number of aromatic nitrogens is 4. The molecule has 0 unspecified atom stereocenters. The monoisotopic (exact) mass is 368 g/mol. The number of amides is 1. The van der Waals surface area contributed by atoms with Gasteiger partial charge < -0.3 is 14.5 Å². The summed E-state index contributed by atoms with van der Waals surface area (Å²) in [4.78, 5) is 17.3. The molecule has 0 radical (unpaired) electrons. The highest BCUT2D eigenvalue weighted by atomic mass is 16.5. The Labute approximate surface area is 158 Å². The molecule has 0 saturated carbocycles. The standard InChI is InChI=1S/C19H24N6O2/c1-23(2)9-15-16-10-24(11-19(16)8-7-17(15)27-19)18(26)13-3-5-14(6-4-13)25-12-20-21-22-25/h3-6,12,15-17H,7-11H2,1-2H3/t15-,16+,17+,19+/m1/s1. The molecule has 8 nitrogen and oxygen atoms in total. The van der Waals surface area contributed by atoms with E-state index in [-0.39, 0.29) is 11.5 Å². The first-order chi connectivity index (χ1) is 13.1. The number of nitrogens with zero attached hydrogens (tertiary/aromatic N) is 6. The van der Waals surface area contributed by atoms with Crippen LogP contribution in [0.25, 0.3) is 5.69 Å². The zero-order valence-corrected chi connectivity index (χ0v) is 15.7. The van der Waals surface area contributed by atoms with Gasteiger partial charge >= 0.3 is 0 Å². The lowest BCUT2D eigenvalue weighted by atomic mass is 9.73. The quantitative estimate of drug-likeness (QED) is 0.796. The second-order valence-electron chi connectivity index (χ2n) is 8.28. The van der Waals surface area contributed by atoms with E-state index in [4.69, 9.17) is 4.74 Å². The Morgan fingerprint density at radius 3 is 2.85 bits per heavy atom. The molecule has 142 valence electrons. The molecule has 3 aliphatic heterocycles. The van der Waals surface area contributed by atoms with Gasteiger partial charge in [0, 0.05) is 30.5 Å². The summed E-state index contributed by atoms with van der Waals surface area (Å²) in [5.74, 6) is 1.05.